The van der Waals surface area contributed by atoms with Crippen LogP contribution < -0.4 is 0 Å². The minimum atomic E-state index is -0.677. The first-order chi connectivity index (χ1) is 6.43. The van der Waals surface area contributed by atoms with Crippen molar-refractivity contribution in [3.63, 3.8) is 0 Å². The quantitative estimate of drug-likeness (QED) is 0.443. The third kappa shape index (κ3) is 1.71. The van der Waals surface area contributed by atoms with Crippen molar-refractivity contribution >= 4 is 11.5 Å². The molecular formula is C9H9NO4. The van der Waals surface area contributed by atoms with E-state index in [4.69, 9.17) is 5.11 Å². The van der Waals surface area contributed by atoms with Crippen molar-refractivity contribution < 1.29 is 14.8 Å². The van der Waals surface area contributed by atoms with Crippen LogP contribution in [0.4, 0.5) is 5.69 Å². The molecule has 74 valence electrons. The number of ketones is 1. The predicted molar refractivity (Wildman–Crippen MR) is 49.5 cm³/mol. The summed E-state index contributed by atoms with van der Waals surface area (Å²) in [5, 5.41) is 19.7. The largest absolute Gasteiger partial charge is 0.508 e. The number of hydrogen-bond acceptors (Lipinski definition) is 4. The number of hydrogen-bond donors (Lipinski definition) is 1. The van der Waals surface area contributed by atoms with Gasteiger partial charge in [0.05, 0.1) is 16.6 Å². The summed E-state index contributed by atoms with van der Waals surface area (Å²) in [7, 11) is 0. The Labute approximate surface area is 80.1 Å². The van der Waals surface area contributed by atoms with Gasteiger partial charge in [0.2, 0.25) is 0 Å². The molecule has 0 saturated carbocycles. The molecule has 5 nitrogen and oxygen atoms in total. The molecule has 1 aromatic carbocycles. The van der Waals surface area contributed by atoms with Gasteiger partial charge in [0.25, 0.3) is 5.69 Å². The van der Waals surface area contributed by atoms with Crippen LogP contribution >= 0.6 is 0 Å². The Balaban J connectivity index is 3.52. The van der Waals surface area contributed by atoms with Crippen LogP contribution in [-0.4, -0.2) is 15.8 Å². The van der Waals surface area contributed by atoms with Crippen molar-refractivity contribution in [3.8, 4) is 5.75 Å². The fraction of sp³-hybridized carbons (Fsp3) is 0.222. The molecule has 0 spiro atoms. The van der Waals surface area contributed by atoms with E-state index >= 15 is 0 Å². The van der Waals surface area contributed by atoms with Crippen LogP contribution in [0.5, 0.6) is 5.75 Å². The van der Waals surface area contributed by atoms with Gasteiger partial charge in [-0.05, 0) is 25.5 Å². The number of aromatic hydroxyl groups is 1. The molecule has 0 aromatic heterocycles. The van der Waals surface area contributed by atoms with E-state index in [1.54, 1.807) is 6.92 Å². The number of nitro groups is 1. The van der Waals surface area contributed by atoms with Crippen LogP contribution in [0.2, 0.25) is 0 Å². The van der Waals surface area contributed by atoms with Crippen molar-refractivity contribution in [3.05, 3.63) is 33.4 Å². The molecule has 1 aromatic rings. The molecule has 0 aliphatic carbocycles. The zero-order valence-corrected chi connectivity index (χ0v) is 7.77. The van der Waals surface area contributed by atoms with Crippen molar-refractivity contribution in [2.24, 2.45) is 0 Å². The second kappa shape index (κ2) is 3.45. The van der Waals surface area contributed by atoms with Crippen LogP contribution in [0.1, 0.15) is 22.8 Å². The number of phenolic OH excluding ortho intramolecular Hbond substituents is 1. The van der Waals surface area contributed by atoms with Gasteiger partial charge in [-0.3, -0.25) is 14.9 Å². The van der Waals surface area contributed by atoms with Gasteiger partial charge in [-0.1, -0.05) is 0 Å². The monoisotopic (exact) mass is 195 g/mol. The lowest BCUT2D eigenvalue weighted by Gasteiger charge is -2.03. The summed E-state index contributed by atoms with van der Waals surface area (Å²) in [6.45, 7) is 2.80. The first-order valence-corrected chi connectivity index (χ1v) is 3.92. The number of carbonyl (C=O) groups is 1. The van der Waals surface area contributed by atoms with Gasteiger partial charge in [0.1, 0.15) is 5.75 Å². The van der Waals surface area contributed by atoms with E-state index < -0.39 is 4.92 Å². The molecule has 0 aliphatic rings. The Bertz CT molecular complexity index is 412. The van der Waals surface area contributed by atoms with Gasteiger partial charge < -0.3 is 5.11 Å². The topological polar surface area (TPSA) is 80.4 Å². The van der Waals surface area contributed by atoms with Crippen LogP contribution in [0.3, 0.4) is 0 Å². The summed E-state index contributed by atoms with van der Waals surface area (Å²) in [5.74, 6) is -0.589. The van der Waals surface area contributed by atoms with Crippen LogP contribution in [0.15, 0.2) is 12.1 Å². The van der Waals surface area contributed by atoms with Crippen molar-refractivity contribution in [2.45, 2.75) is 13.8 Å². The third-order valence-corrected chi connectivity index (χ3v) is 1.85. The Morgan fingerprint density at radius 2 is 2.07 bits per heavy atom. The average Bonchev–Trinajstić information content (AvgIpc) is 2.01. The average molecular weight is 195 g/mol. The lowest BCUT2D eigenvalue weighted by atomic mass is 10.0. The molecule has 0 saturated heterocycles. The number of aryl methyl sites for hydroxylation is 1. The first kappa shape index (κ1) is 10.2. The van der Waals surface area contributed by atoms with Crippen LogP contribution in [-0.2, 0) is 0 Å². The highest BCUT2D eigenvalue weighted by molar-refractivity contribution is 5.99. The first-order valence-electron chi connectivity index (χ1n) is 3.92. The second-order valence-electron chi connectivity index (χ2n) is 2.97. The van der Waals surface area contributed by atoms with E-state index in [0.29, 0.717) is 5.56 Å². The summed E-state index contributed by atoms with van der Waals surface area (Å²) in [6, 6.07) is 2.30. The molecular weight excluding hydrogens is 186 g/mol. The van der Waals surface area contributed by atoms with E-state index in [2.05, 4.69) is 0 Å². The van der Waals surface area contributed by atoms with E-state index in [9.17, 15) is 14.9 Å². The zero-order valence-electron chi connectivity index (χ0n) is 7.77. The highest BCUT2D eigenvalue weighted by atomic mass is 16.6. The highest BCUT2D eigenvalue weighted by Gasteiger charge is 2.20. The molecule has 0 unspecified atom stereocenters. The Hall–Kier alpha value is -1.91. The minimum Gasteiger partial charge on any atom is -0.508 e. The summed E-state index contributed by atoms with van der Waals surface area (Å²) < 4.78 is 0. The van der Waals surface area contributed by atoms with Crippen molar-refractivity contribution in [1.29, 1.82) is 0 Å². The fourth-order valence-corrected chi connectivity index (χ4v) is 1.35. The molecule has 0 fully saturated rings. The Kier molecular flexibility index (Phi) is 2.51. The lowest BCUT2D eigenvalue weighted by Crippen LogP contribution is -2.02. The molecule has 0 aliphatic heterocycles. The molecule has 0 amide bonds. The maximum Gasteiger partial charge on any atom is 0.284 e. The van der Waals surface area contributed by atoms with E-state index in [0.717, 1.165) is 6.07 Å². The molecule has 14 heavy (non-hydrogen) atoms. The fourth-order valence-electron chi connectivity index (χ4n) is 1.35. The van der Waals surface area contributed by atoms with Gasteiger partial charge in [0, 0.05) is 0 Å². The van der Waals surface area contributed by atoms with Gasteiger partial charge in [-0.2, -0.15) is 0 Å². The number of Topliss-reactive ketones (excluding diaryl/α,β-unsaturated/α-hetero) is 1. The van der Waals surface area contributed by atoms with Crippen molar-refractivity contribution in [1.82, 2.24) is 0 Å². The summed E-state index contributed by atoms with van der Waals surface area (Å²) in [4.78, 5) is 21.0. The molecule has 1 rings (SSSR count). The predicted octanol–water partition coefficient (Wildman–Crippen LogP) is 1.81. The summed E-state index contributed by atoms with van der Waals surface area (Å²) >= 11 is 0. The number of benzene rings is 1. The number of carbonyl (C=O) groups excluding carboxylic acids is 1. The lowest BCUT2D eigenvalue weighted by molar-refractivity contribution is -0.385. The molecule has 0 atom stereocenters. The Morgan fingerprint density at radius 1 is 1.50 bits per heavy atom. The normalized spacial score (nSPS) is 9.86. The number of nitrogens with zero attached hydrogens (tertiary/aromatic N) is 1. The van der Waals surface area contributed by atoms with E-state index in [1.807, 2.05) is 0 Å². The summed E-state index contributed by atoms with van der Waals surface area (Å²) in [6.07, 6.45) is 0. The van der Waals surface area contributed by atoms with Crippen molar-refractivity contribution in [2.75, 3.05) is 0 Å². The van der Waals surface area contributed by atoms with E-state index in [1.165, 1.54) is 13.0 Å². The number of rotatable bonds is 2. The van der Waals surface area contributed by atoms with Crippen LogP contribution in [0, 0.1) is 17.0 Å². The van der Waals surface area contributed by atoms with Crippen LogP contribution in [0.25, 0.3) is 0 Å². The minimum absolute atomic E-state index is 0.0489. The van der Waals surface area contributed by atoms with Gasteiger partial charge in [-0.15, -0.1) is 0 Å². The highest BCUT2D eigenvalue weighted by Crippen LogP contribution is 2.27. The van der Waals surface area contributed by atoms with Gasteiger partial charge >= 0.3 is 0 Å². The Morgan fingerprint density at radius 3 is 2.50 bits per heavy atom. The molecule has 5 heteroatoms. The molecule has 0 bridgehead atoms. The molecule has 1 N–H and O–H groups in total. The SMILES string of the molecule is CC(=O)c1c(C)cc(O)cc1[N+](=O)[O-]. The maximum absolute atomic E-state index is 11.1. The molecule has 0 heterocycles. The maximum atomic E-state index is 11.1. The standard InChI is InChI=1S/C9H9NO4/c1-5-3-7(12)4-8(10(13)14)9(5)6(2)11/h3-4,12H,1-2H3. The zero-order chi connectivity index (χ0) is 10.9. The smallest absolute Gasteiger partial charge is 0.284 e. The number of nitro benzene ring substituents is 1. The van der Waals surface area contributed by atoms with E-state index in [-0.39, 0.29) is 22.8 Å². The van der Waals surface area contributed by atoms with Gasteiger partial charge in [-0.25, -0.2) is 0 Å². The van der Waals surface area contributed by atoms with Gasteiger partial charge in [0.15, 0.2) is 5.78 Å². The number of phenols is 1. The third-order valence-electron chi connectivity index (χ3n) is 1.85. The molecule has 0 radical (unpaired) electrons. The summed E-state index contributed by atoms with van der Waals surface area (Å²) in [5.41, 5.74) is 0.104. The second-order valence-corrected chi connectivity index (χ2v) is 2.97.